The predicted molar refractivity (Wildman–Crippen MR) is 323 cm³/mol. The second kappa shape index (κ2) is 44.8. The Labute approximate surface area is 506 Å². The Morgan fingerprint density at radius 1 is 0.831 bits per heavy atom. The van der Waals surface area contributed by atoms with Gasteiger partial charge in [0.25, 0.3) is 0 Å². The number of allylic oxidation sites excluding steroid dienone is 3. The summed E-state index contributed by atoms with van der Waals surface area (Å²) >= 11 is 6.63. The normalized spacial score (nSPS) is 20.8. The van der Waals surface area contributed by atoms with Gasteiger partial charge in [-0.25, -0.2) is 15.1 Å². The summed E-state index contributed by atoms with van der Waals surface area (Å²) in [5.41, 5.74) is 4.99. The van der Waals surface area contributed by atoms with E-state index < -0.39 is 29.8 Å². The van der Waals surface area contributed by atoms with Crippen LogP contribution in [-0.2, 0) is 77.8 Å². The highest BCUT2D eigenvalue weighted by Gasteiger charge is 2.57. The zero-order chi connectivity index (χ0) is 61.4. The fourth-order valence-corrected chi connectivity index (χ4v) is 10.3. The van der Waals surface area contributed by atoms with E-state index in [-0.39, 0.29) is 48.1 Å². The smallest absolute Gasteiger partial charge is 0.407 e. The van der Waals surface area contributed by atoms with E-state index in [2.05, 4.69) is 10.8 Å². The summed E-state index contributed by atoms with van der Waals surface area (Å²) in [4.78, 5) is 68.4. The van der Waals surface area contributed by atoms with Crippen molar-refractivity contribution in [1.82, 2.24) is 15.7 Å². The number of benzene rings is 1. The van der Waals surface area contributed by atoms with Crippen LogP contribution in [0.2, 0.25) is 5.02 Å². The number of nitrogens with zero attached hydrogens (tertiary/aromatic N) is 2. The Morgan fingerprint density at radius 2 is 1.36 bits per heavy atom. The summed E-state index contributed by atoms with van der Waals surface area (Å²) < 4.78 is 61.0. The topological polar surface area (TPSA) is 250 Å². The lowest BCUT2D eigenvalue weighted by Crippen LogP contribution is -2.40. The van der Waals surface area contributed by atoms with Gasteiger partial charge in [-0.05, 0) is 57.7 Å². The molecular formula is C58H97ClN4O18S2. The first-order valence-corrected chi connectivity index (χ1v) is 31.4. The van der Waals surface area contributed by atoms with Crippen molar-refractivity contribution in [2.75, 3.05) is 157 Å². The summed E-state index contributed by atoms with van der Waals surface area (Å²) in [6.45, 7) is 19.2. The van der Waals surface area contributed by atoms with Crippen molar-refractivity contribution < 1.29 is 86.0 Å². The lowest BCUT2D eigenvalue weighted by molar-refractivity contribution is -0.148. The average molecular weight is 1240 g/mol. The number of ketones is 1. The second-order valence-corrected chi connectivity index (χ2v) is 23.3. The number of Topliss-reactive ketones (excluding diaryl/α,β-unsaturated/α-hetero) is 1. The fraction of sp³-hybridized carbons (Fsp3) is 0.741. The number of alkyl carbamates (subject to hydrolysis) is 1. The van der Waals surface area contributed by atoms with Crippen molar-refractivity contribution >= 4 is 68.5 Å². The number of carboxylic acid groups (broad SMARTS) is 1. The predicted octanol–water partition coefficient (Wildman–Crippen LogP) is 7.41. The van der Waals surface area contributed by atoms with Crippen LogP contribution < -0.4 is 20.4 Å². The zero-order valence-corrected chi connectivity index (χ0v) is 53.4. The first kappa shape index (κ1) is 75.5. The number of hydrogen-bond acceptors (Lipinski definition) is 20. The molecule has 0 aromatic heterocycles. The summed E-state index contributed by atoms with van der Waals surface area (Å²) in [5.74, 6) is 0.831. The van der Waals surface area contributed by atoms with E-state index in [4.69, 9.17) is 73.7 Å². The molecule has 2 bridgehead atoms. The van der Waals surface area contributed by atoms with Gasteiger partial charge in [0.1, 0.15) is 28.7 Å². The largest absolute Gasteiger partial charge is 0.495 e. The van der Waals surface area contributed by atoms with Crippen LogP contribution in [0.25, 0.3) is 0 Å². The van der Waals surface area contributed by atoms with Crippen molar-refractivity contribution in [1.29, 1.82) is 0 Å². The molecule has 1 saturated heterocycles. The Kier molecular flexibility index (Phi) is 40.7. The maximum atomic E-state index is 13.3. The Hall–Kier alpha value is -3.60. The van der Waals surface area contributed by atoms with Crippen molar-refractivity contribution in [3.8, 4) is 5.75 Å². The molecule has 25 heteroatoms. The molecule has 6 atom stereocenters. The first-order valence-electron chi connectivity index (χ1n) is 28.5. The van der Waals surface area contributed by atoms with Crippen molar-refractivity contribution in [3.05, 3.63) is 46.5 Å². The number of carbonyl (C=O) groups excluding carboxylic acids is 4. The van der Waals surface area contributed by atoms with E-state index >= 15 is 0 Å². The van der Waals surface area contributed by atoms with Gasteiger partial charge in [0, 0.05) is 77.2 Å². The third kappa shape index (κ3) is 32.6. The monoisotopic (exact) mass is 1240 g/mol. The number of nitrogens with one attached hydrogen (secondary N) is 2. The number of methoxy groups -OCH3 is 1. The molecule has 0 saturated carbocycles. The summed E-state index contributed by atoms with van der Waals surface area (Å²) in [5, 5.41) is 11.9. The molecule has 0 spiro atoms. The molecule has 2 aliphatic heterocycles. The van der Waals surface area contributed by atoms with Crippen LogP contribution in [0.4, 0.5) is 10.5 Å². The van der Waals surface area contributed by atoms with Gasteiger partial charge in [0.2, 0.25) is 11.8 Å². The molecule has 1 aromatic carbocycles. The number of carboxylic acids is 1. The van der Waals surface area contributed by atoms with Crippen LogP contribution in [0.5, 0.6) is 5.75 Å². The summed E-state index contributed by atoms with van der Waals surface area (Å²) in [7, 11) is 11.2. The number of amides is 3. The molecule has 22 nitrogen and oxygen atoms in total. The SMILES string of the molecule is CC(C)C(=O)CCOCCOCCOCCOCCOCCOCCOCCOCCSSCCC(=O)N(C)C(C)C(=O)O.CNO[C@H]1C/C=C/C=C(\C)Cc2cc(OC)c(Cl)c(c2)N(C)C(=O)CCC2(C)OC2C(C)C(OC(=O)NC)C1. The molecule has 2 aliphatic rings. The number of halogens is 1. The molecule has 83 heavy (non-hydrogen) atoms. The molecule has 2 heterocycles. The Bertz CT molecular complexity index is 2080. The minimum Gasteiger partial charge on any atom is -0.495 e. The average Bonchev–Trinajstić information content (AvgIpc) is 3.67. The molecule has 0 radical (unpaired) electrons. The lowest BCUT2D eigenvalue weighted by atomic mass is 9.87. The lowest BCUT2D eigenvalue weighted by Gasteiger charge is -2.27. The number of carbonyl (C=O) groups is 5. The van der Waals surface area contributed by atoms with Crippen LogP contribution in [-0.4, -0.2) is 222 Å². The molecule has 0 aliphatic carbocycles. The van der Waals surface area contributed by atoms with E-state index in [9.17, 15) is 24.0 Å². The van der Waals surface area contributed by atoms with E-state index in [1.807, 2.05) is 65.0 Å². The van der Waals surface area contributed by atoms with E-state index in [0.29, 0.717) is 166 Å². The maximum Gasteiger partial charge on any atom is 0.407 e. The number of hydroxylamine groups is 1. The number of anilines is 1. The number of likely N-dealkylation sites (N-methyl/N-ethyl adjacent to an activating group) is 1. The molecule has 3 rings (SSSR count). The van der Waals surface area contributed by atoms with E-state index in [1.54, 1.807) is 47.7 Å². The number of fused-ring (bicyclic) bond motifs is 3. The van der Waals surface area contributed by atoms with Gasteiger partial charge in [-0.3, -0.25) is 19.2 Å². The van der Waals surface area contributed by atoms with Gasteiger partial charge < -0.3 is 72.3 Å². The third-order valence-electron chi connectivity index (χ3n) is 13.4. The van der Waals surface area contributed by atoms with Crippen molar-refractivity contribution in [2.45, 2.75) is 116 Å². The minimum atomic E-state index is -1.01. The van der Waals surface area contributed by atoms with Crippen LogP contribution >= 0.6 is 33.2 Å². The van der Waals surface area contributed by atoms with Gasteiger partial charge >= 0.3 is 12.1 Å². The van der Waals surface area contributed by atoms with Gasteiger partial charge in [-0.1, -0.05) is 77.8 Å². The third-order valence-corrected chi connectivity index (χ3v) is 16.1. The molecule has 3 amide bonds. The van der Waals surface area contributed by atoms with Gasteiger partial charge in [-0.15, -0.1) is 0 Å². The van der Waals surface area contributed by atoms with Gasteiger partial charge in [0.05, 0.1) is 136 Å². The van der Waals surface area contributed by atoms with E-state index in [0.717, 1.165) is 16.9 Å². The fourth-order valence-electron chi connectivity index (χ4n) is 8.13. The molecule has 476 valence electrons. The molecule has 5 unspecified atom stereocenters. The number of rotatable bonds is 38. The molecule has 3 N–H and O–H groups in total. The summed E-state index contributed by atoms with van der Waals surface area (Å²) in [6, 6.07) is 3.03. The zero-order valence-electron chi connectivity index (χ0n) is 51.0. The van der Waals surface area contributed by atoms with Gasteiger partial charge in [0.15, 0.2) is 0 Å². The van der Waals surface area contributed by atoms with Gasteiger partial charge in [-0.2, -0.15) is 0 Å². The number of hydrogen-bond donors (Lipinski definition) is 3. The van der Waals surface area contributed by atoms with Crippen molar-refractivity contribution in [2.24, 2.45) is 11.8 Å². The van der Waals surface area contributed by atoms with E-state index in [1.165, 1.54) is 25.9 Å². The highest BCUT2D eigenvalue weighted by molar-refractivity contribution is 8.76. The molecule has 1 fully saturated rings. The Morgan fingerprint density at radius 3 is 1.87 bits per heavy atom. The highest BCUT2D eigenvalue weighted by Crippen LogP contribution is 2.47. The summed E-state index contributed by atoms with van der Waals surface area (Å²) in [6.07, 6.45) is 8.03. The van der Waals surface area contributed by atoms with Crippen molar-refractivity contribution in [3.63, 3.8) is 0 Å². The number of aliphatic carboxylic acids is 1. The number of ether oxygens (including phenoxy) is 11. The van der Waals surface area contributed by atoms with Crippen LogP contribution in [0, 0.1) is 11.8 Å². The standard InChI is InChI=1S/C29H42ClN3O6.C29H55NO12S2/c1-18-10-8-9-11-21(39-32-5)17-23(37-28(35)31-4)19(2)27-29(3,38-27)13-12-25(34)33(6)22-15-20(14-18)16-24(36-7)26(22)30;1-25(2)27(31)5-7-35-8-9-36-10-11-37-12-13-38-14-15-39-16-17-40-18-19-41-20-21-42-22-24-44-43-23-6-28(32)30(4)26(3)29(33)34/h8-10,15-16,19,21,23,27,32H,11-14,17H2,1-7H3,(H,31,35);25-26H,5-24H2,1-4H3,(H,33,34)/b9-8+,18-10+;/t19?,21-,23?,27?,29?;/m0./s1. The first-order chi connectivity index (χ1) is 39.8. The quantitative estimate of drug-likeness (QED) is 0.0252. The maximum absolute atomic E-state index is 13.3. The van der Waals surface area contributed by atoms with Crippen LogP contribution in [0.3, 0.4) is 0 Å². The second-order valence-electron chi connectivity index (χ2n) is 20.2. The molecule has 1 aromatic rings. The molecular weight excluding hydrogens is 1140 g/mol. The highest BCUT2D eigenvalue weighted by atomic mass is 35.5. The minimum absolute atomic E-state index is 0.0543. The Balaban J connectivity index is 0.000000570. The van der Waals surface area contributed by atoms with Crippen LogP contribution in [0.1, 0.15) is 85.6 Å². The van der Waals surface area contributed by atoms with Crippen LogP contribution in [0.15, 0.2) is 35.9 Å². The number of epoxide rings is 1.